The molecule has 1 amide bonds. The van der Waals surface area contributed by atoms with Gasteiger partial charge in [-0.15, -0.1) is 0 Å². The summed E-state index contributed by atoms with van der Waals surface area (Å²) in [7, 11) is -3.73. The number of hydrogen-bond donors (Lipinski definition) is 2. The molecule has 1 aromatic heterocycles. The predicted molar refractivity (Wildman–Crippen MR) is 96.8 cm³/mol. The van der Waals surface area contributed by atoms with Crippen LogP contribution in [0.25, 0.3) is 0 Å². The van der Waals surface area contributed by atoms with E-state index in [-0.39, 0.29) is 23.8 Å². The maximum atomic E-state index is 12.5. The maximum absolute atomic E-state index is 12.5. The van der Waals surface area contributed by atoms with E-state index in [4.69, 9.17) is 9.26 Å². The van der Waals surface area contributed by atoms with E-state index in [1.54, 1.807) is 39.0 Å². The number of sulfonamides is 1. The Hall–Kier alpha value is -2.39. The molecular weight excluding hydrogens is 358 g/mol. The first-order valence-electron chi connectivity index (χ1n) is 8.20. The summed E-state index contributed by atoms with van der Waals surface area (Å²) in [5, 5.41) is 6.18. The number of amides is 1. The van der Waals surface area contributed by atoms with Gasteiger partial charge in [0.15, 0.2) is 5.82 Å². The molecule has 1 aromatic carbocycles. The van der Waals surface area contributed by atoms with E-state index in [0.29, 0.717) is 29.5 Å². The second-order valence-corrected chi connectivity index (χ2v) is 7.57. The van der Waals surface area contributed by atoms with Gasteiger partial charge < -0.3 is 14.6 Å². The highest BCUT2D eigenvalue weighted by Crippen LogP contribution is 2.25. The average molecular weight is 381 g/mol. The third-order valence-corrected chi connectivity index (χ3v) is 5.20. The number of rotatable bonds is 8. The van der Waals surface area contributed by atoms with Gasteiger partial charge in [0.2, 0.25) is 15.9 Å². The maximum Gasteiger partial charge on any atom is 0.240 e. The van der Waals surface area contributed by atoms with Gasteiger partial charge in [-0.3, -0.25) is 4.79 Å². The second kappa shape index (κ2) is 8.33. The Morgan fingerprint density at radius 3 is 2.54 bits per heavy atom. The molecule has 0 atom stereocenters. The van der Waals surface area contributed by atoms with Crippen LogP contribution in [-0.2, 0) is 14.8 Å². The lowest BCUT2D eigenvalue weighted by Crippen LogP contribution is -2.28. The van der Waals surface area contributed by atoms with Crippen molar-refractivity contribution in [1.82, 2.24) is 9.88 Å². The average Bonchev–Trinajstić information content (AvgIpc) is 2.95. The Labute approximate surface area is 153 Å². The molecule has 26 heavy (non-hydrogen) atoms. The monoisotopic (exact) mass is 381 g/mol. The van der Waals surface area contributed by atoms with Crippen molar-refractivity contribution in [3.8, 4) is 5.75 Å². The van der Waals surface area contributed by atoms with E-state index in [9.17, 15) is 13.2 Å². The van der Waals surface area contributed by atoms with Crippen LogP contribution < -0.4 is 14.8 Å². The molecule has 0 aliphatic heterocycles. The predicted octanol–water partition coefficient (Wildman–Crippen LogP) is 2.31. The fourth-order valence-electron chi connectivity index (χ4n) is 2.37. The molecule has 0 aliphatic rings. The number of aryl methyl sites for hydroxylation is 3. The van der Waals surface area contributed by atoms with Gasteiger partial charge >= 0.3 is 0 Å². The largest absolute Gasteiger partial charge is 0.494 e. The normalized spacial score (nSPS) is 11.4. The smallest absolute Gasteiger partial charge is 0.240 e. The molecule has 0 fully saturated rings. The van der Waals surface area contributed by atoms with Crippen molar-refractivity contribution in [1.29, 1.82) is 0 Å². The lowest BCUT2D eigenvalue weighted by molar-refractivity contribution is -0.116. The van der Waals surface area contributed by atoms with E-state index < -0.39 is 10.0 Å². The summed E-state index contributed by atoms with van der Waals surface area (Å²) in [5.41, 5.74) is 1.31. The molecule has 142 valence electrons. The van der Waals surface area contributed by atoms with E-state index in [2.05, 4.69) is 15.2 Å². The molecule has 0 spiro atoms. The third-order valence-electron chi connectivity index (χ3n) is 3.60. The topological polar surface area (TPSA) is 111 Å². The van der Waals surface area contributed by atoms with Crippen molar-refractivity contribution in [2.24, 2.45) is 0 Å². The van der Waals surface area contributed by atoms with Crippen LogP contribution in [-0.4, -0.2) is 32.6 Å². The minimum absolute atomic E-state index is 0.0276. The Kier molecular flexibility index (Phi) is 6.38. The number of carbonyl (C=O) groups is 1. The lowest BCUT2D eigenvalue weighted by atomic mass is 10.1. The van der Waals surface area contributed by atoms with Gasteiger partial charge in [-0.1, -0.05) is 5.16 Å². The number of aromatic nitrogens is 1. The third kappa shape index (κ3) is 5.06. The number of carbonyl (C=O) groups excluding carboxylic acids is 1. The summed E-state index contributed by atoms with van der Waals surface area (Å²) in [4.78, 5) is 12.0. The van der Waals surface area contributed by atoms with Crippen LogP contribution in [0.3, 0.4) is 0 Å². The van der Waals surface area contributed by atoms with Gasteiger partial charge in [-0.25, -0.2) is 13.1 Å². The summed E-state index contributed by atoms with van der Waals surface area (Å²) in [6.07, 6.45) is -0.0276. The zero-order valence-corrected chi connectivity index (χ0v) is 16.1. The molecule has 0 aliphatic carbocycles. The lowest BCUT2D eigenvalue weighted by Gasteiger charge is -2.13. The highest BCUT2D eigenvalue weighted by atomic mass is 32.2. The van der Waals surface area contributed by atoms with Gasteiger partial charge in [-0.2, -0.15) is 0 Å². The molecule has 0 saturated heterocycles. The quantitative estimate of drug-likeness (QED) is 0.726. The minimum Gasteiger partial charge on any atom is -0.494 e. The van der Waals surface area contributed by atoms with Crippen LogP contribution in [0.1, 0.15) is 30.2 Å². The number of nitrogens with one attached hydrogen (secondary N) is 2. The fraction of sp³-hybridized carbons (Fsp3) is 0.412. The summed E-state index contributed by atoms with van der Waals surface area (Å²) in [6, 6.07) is 4.85. The molecule has 2 N–H and O–H groups in total. The van der Waals surface area contributed by atoms with Crippen LogP contribution >= 0.6 is 0 Å². The number of benzene rings is 1. The fourth-order valence-corrected chi connectivity index (χ4v) is 3.71. The first-order chi connectivity index (χ1) is 12.2. The number of nitrogens with zero attached hydrogens (tertiary/aromatic N) is 1. The van der Waals surface area contributed by atoms with E-state index in [0.717, 1.165) is 5.56 Å². The zero-order valence-electron chi connectivity index (χ0n) is 15.3. The highest BCUT2D eigenvalue weighted by molar-refractivity contribution is 7.89. The molecular formula is C17H23N3O5S. The second-order valence-electron chi connectivity index (χ2n) is 5.83. The summed E-state index contributed by atoms with van der Waals surface area (Å²) in [5.74, 6) is 1.17. The van der Waals surface area contributed by atoms with Gasteiger partial charge in [0.25, 0.3) is 0 Å². The van der Waals surface area contributed by atoms with E-state index in [1.807, 2.05) is 6.92 Å². The van der Waals surface area contributed by atoms with Crippen molar-refractivity contribution < 1.29 is 22.5 Å². The molecule has 1 heterocycles. The van der Waals surface area contributed by atoms with Crippen molar-refractivity contribution in [2.75, 3.05) is 18.5 Å². The highest BCUT2D eigenvalue weighted by Gasteiger charge is 2.19. The number of anilines is 1. The molecule has 9 heteroatoms. The zero-order chi connectivity index (χ0) is 19.3. The van der Waals surface area contributed by atoms with Crippen molar-refractivity contribution in [3.63, 3.8) is 0 Å². The van der Waals surface area contributed by atoms with Crippen LogP contribution in [0.2, 0.25) is 0 Å². The molecule has 2 rings (SSSR count). The van der Waals surface area contributed by atoms with Gasteiger partial charge in [0, 0.05) is 19.0 Å². The van der Waals surface area contributed by atoms with E-state index in [1.165, 1.54) is 0 Å². The number of ether oxygens (including phenoxy) is 1. The summed E-state index contributed by atoms with van der Waals surface area (Å²) in [6.45, 7) is 7.54. The minimum atomic E-state index is -3.73. The first kappa shape index (κ1) is 19.9. The van der Waals surface area contributed by atoms with E-state index >= 15 is 0 Å². The SMILES string of the molecule is CCOc1cc(C)c(S(=O)(=O)NCCC(=O)Nc2cc(C)on2)cc1C. The molecule has 2 aromatic rings. The van der Waals surface area contributed by atoms with Crippen LogP contribution in [0.5, 0.6) is 5.75 Å². The molecule has 0 bridgehead atoms. The van der Waals surface area contributed by atoms with Crippen LogP contribution in [0.15, 0.2) is 27.6 Å². The Bertz CT molecular complexity index is 890. The van der Waals surface area contributed by atoms with Gasteiger partial charge in [0.05, 0.1) is 11.5 Å². The molecule has 0 unspecified atom stereocenters. The van der Waals surface area contributed by atoms with Gasteiger partial charge in [-0.05, 0) is 51.0 Å². The summed E-state index contributed by atoms with van der Waals surface area (Å²) >= 11 is 0. The van der Waals surface area contributed by atoms with Crippen molar-refractivity contribution in [2.45, 2.75) is 39.0 Å². The van der Waals surface area contributed by atoms with Crippen LogP contribution in [0, 0.1) is 20.8 Å². The molecule has 0 radical (unpaired) electrons. The van der Waals surface area contributed by atoms with Crippen LogP contribution in [0.4, 0.5) is 5.82 Å². The Balaban J connectivity index is 1.98. The van der Waals surface area contributed by atoms with Gasteiger partial charge in [0.1, 0.15) is 11.5 Å². The standard InChI is InChI=1S/C17H23N3O5S/c1-5-24-14-8-12(3)15(9-11(14)2)26(22,23)18-7-6-17(21)19-16-10-13(4)25-20-16/h8-10,18H,5-7H2,1-4H3,(H,19,20,21). The first-order valence-corrected chi connectivity index (χ1v) is 9.68. The Morgan fingerprint density at radius 1 is 1.19 bits per heavy atom. The molecule has 8 nitrogen and oxygen atoms in total. The summed E-state index contributed by atoms with van der Waals surface area (Å²) < 4.78 is 37.8. The Morgan fingerprint density at radius 2 is 1.92 bits per heavy atom. The number of hydrogen-bond acceptors (Lipinski definition) is 6. The molecule has 0 saturated carbocycles. The van der Waals surface area contributed by atoms with Crippen molar-refractivity contribution >= 4 is 21.7 Å². The van der Waals surface area contributed by atoms with Crippen molar-refractivity contribution in [3.05, 3.63) is 35.1 Å².